The van der Waals surface area contributed by atoms with Crippen LogP contribution in [0.25, 0.3) is 0 Å². The van der Waals surface area contributed by atoms with Crippen molar-refractivity contribution in [3.63, 3.8) is 0 Å². The second-order valence-electron chi connectivity index (χ2n) is 2.85. The molecule has 1 aliphatic heterocycles. The summed E-state index contributed by atoms with van der Waals surface area (Å²) < 4.78 is 4.09. The lowest BCUT2D eigenvalue weighted by atomic mass is 9.91. The molecule has 0 spiro atoms. The molecule has 0 aromatic heterocycles. The Labute approximate surface area is 68.0 Å². The first-order chi connectivity index (χ1) is 5.21. The maximum atomic E-state index is 9.25. The second-order valence-corrected chi connectivity index (χ2v) is 2.85. The Bertz CT molecular complexity index is 216. The Morgan fingerprint density at radius 2 is 1.58 bits per heavy atom. The lowest BCUT2D eigenvalue weighted by molar-refractivity contribution is -0.479. The Kier molecular flexibility index (Phi) is 1.71. The quantitative estimate of drug-likeness (QED) is 0.264. The molecule has 5 N–H and O–H groups in total. The Balaban J connectivity index is 3.13. The molecule has 0 aliphatic carbocycles. The molecule has 1 atom stereocenters. The fourth-order valence-electron chi connectivity index (χ4n) is 0.789. The monoisotopic (exact) mass is 178 g/mol. The van der Waals surface area contributed by atoms with E-state index in [0.29, 0.717) is 0 Å². The third kappa shape index (κ3) is 1.01. The minimum atomic E-state index is -3.22. The third-order valence-corrected chi connectivity index (χ3v) is 1.78. The molecule has 1 aliphatic rings. The normalized spacial score (nSPS) is 37.5. The van der Waals surface area contributed by atoms with Gasteiger partial charge in [-0.05, 0) is 13.0 Å². The predicted octanol–water partition coefficient (Wildman–Crippen LogP) is -2.40. The van der Waals surface area contributed by atoms with Crippen LogP contribution in [0.3, 0.4) is 0 Å². The van der Waals surface area contributed by atoms with Crippen LogP contribution in [-0.2, 0) is 4.74 Å². The number of aliphatic hydroxyl groups is 5. The molecule has 0 fully saturated rings. The summed E-state index contributed by atoms with van der Waals surface area (Å²) in [6.45, 7) is 0.993. The molecular weight excluding hydrogens is 168 g/mol. The summed E-state index contributed by atoms with van der Waals surface area (Å²) in [5.74, 6) is -6.39. The molecule has 0 bridgehead atoms. The van der Waals surface area contributed by atoms with E-state index in [1.54, 1.807) is 0 Å². The van der Waals surface area contributed by atoms with Crippen molar-refractivity contribution >= 4 is 0 Å². The van der Waals surface area contributed by atoms with Crippen LogP contribution in [0, 0.1) is 0 Å². The molecule has 0 saturated carbocycles. The lowest BCUT2D eigenvalue weighted by Gasteiger charge is -2.43. The van der Waals surface area contributed by atoms with Crippen molar-refractivity contribution in [2.24, 2.45) is 0 Å². The van der Waals surface area contributed by atoms with E-state index in [9.17, 15) is 5.11 Å². The van der Waals surface area contributed by atoms with E-state index in [0.717, 1.165) is 19.3 Å². The summed E-state index contributed by atoms with van der Waals surface area (Å²) in [6, 6.07) is 0. The summed E-state index contributed by atoms with van der Waals surface area (Å²) in [5, 5.41) is 45.1. The van der Waals surface area contributed by atoms with E-state index in [2.05, 4.69) is 4.74 Å². The van der Waals surface area contributed by atoms with Crippen LogP contribution in [0.5, 0.6) is 0 Å². The zero-order valence-corrected chi connectivity index (χ0v) is 6.30. The van der Waals surface area contributed by atoms with Crippen molar-refractivity contribution < 1.29 is 30.3 Å². The maximum Gasteiger partial charge on any atom is 0.382 e. The summed E-state index contributed by atoms with van der Waals surface area (Å²) in [4.78, 5) is 0. The van der Waals surface area contributed by atoms with Gasteiger partial charge in [0.1, 0.15) is 5.60 Å². The summed E-state index contributed by atoms with van der Waals surface area (Å²) >= 11 is 0. The Morgan fingerprint density at radius 3 is 1.92 bits per heavy atom. The van der Waals surface area contributed by atoms with E-state index in [1.165, 1.54) is 0 Å². The van der Waals surface area contributed by atoms with Crippen molar-refractivity contribution in [3.8, 4) is 0 Å². The fraction of sp³-hybridized carbons (Fsp3) is 0.667. The van der Waals surface area contributed by atoms with Gasteiger partial charge in [-0.25, -0.2) is 0 Å². The van der Waals surface area contributed by atoms with Crippen LogP contribution < -0.4 is 0 Å². The summed E-state index contributed by atoms with van der Waals surface area (Å²) in [6.07, 6.45) is 1.66. The number of hydrogen-bond acceptors (Lipinski definition) is 6. The highest BCUT2D eigenvalue weighted by Crippen LogP contribution is 2.34. The van der Waals surface area contributed by atoms with Crippen molar-refractivity contribution in [2.75, 3.05) is 0 Å². The molecule has 0 saturated heterocycles. The number of hydrogen-bond donors (Lipinski definition) is 5. The van der Waals surface area contributed by atoms with E-state index in [-0.39, 0.29) is 0 Å². The molecule has 1 heterocycles. The molecule has 6 nitrogen and oxygen atoms in total. The fourth-order valence-corrected chi connectivity index (χ4v) is 0.789. The Morgan fingerprint density at radius 1 is 1.08 bits per heavy atom. The van der Waals surface area contributed by atoms with Crippen molar-refractivity contribution in [1.82, 2.24) is 0 Å². The van der Waals surface area contributed by atoms with Gasteiger partial charge < -0.3 is 30.3 Å². The van der Waals surface area contributed by atoms with Crippen LogP contribution in [-0.4, -0.2) is 42.9 Å². The highest BCUT2D eigenvalue weighted by atomic mass is 16.8. The van der Waals surface area contributed by atoms with Gasteiger partial charge in [0.2, 0.25) is 0 Å². The highest BCUT2D eigenvalue weighted by Gasteiger charge is 2.62. The Hall–Kier alpha value is -0.660. The molecular formula is C6H10O6. The zero-order valence-electron chi connectivity index (χ0n) is 6.30. The molecule has 70 valence electrons. The number of ether oxygens (including phenoxy) is 1. The molecule has 0 aromatic carbocycles. The summed E-state index contributed by atoms with van der Waals surface area (Å²) in [5.41, 5.74) is -2.19. The first-order valence-corrected chi connectivity index (χ1v) is 3.18. The van der Waals surface area contributed by atoms with Crippen LogP contribution in [0.4, 0.5) is 0 Å². The van der Waals surface area contributed by atoms with Crippen LogP contribution >= 0.6 is 0 Å². The molecule has 0 radical (unpaired) electrons. The highest BCUT2D eigenvalue weighted by molar-refractivity contribution is 5.10. The molecule has 6 heteroatoms. The lowest BCUT2D eigenvalue weighted by Crippen LogP contribution is -2.68. The van der Waals surface area contributed by atoms with Gasteiger partial charge in [0.25, 0.3) is 5.79 Å². The van der Waals surface area contributed by atoms with Gasteiger partial charge in [0.05, 0.1) is 6.26 Å². The second kappa shape index (κ2) is 2.18. The van der Waals surface area contributed by atoms with Gasteiger partial charge in [0.15, 0.2) is 0 Å². The number of rotatable bonds is 0. The molecule has 1 unspecified atom stereocenters. The molecule has 0 aromatic rings. The van der Waals surface area contributed by atoms with E-state index < -0.39 is 17.4 Å². The van der Waals surface area contributed by atoms with Gasteiger partial charge in [0, 0.05) is 0 Å². The van der Waals surface area contributed by atoms with Crippen molar-refractivity contribution in [1.29, 1.82) is 0 Å². The van der Waals surface area contributed by atoms with E-state index in [4.69, 9.17) is 20.4 Å². The minimum absolute atomic E-state index is 0.769. The van der Waals surface area contributed by atoms with Gasteiger partial charge in [-0.15, -0.1) is 0 Å². The molecule has 0 amide bonds. The summed E-state index contributed by atoms with van der Waals surface area (Å²) in [7, 11) is 0. The SMILES string of the molecule is CC1(O)C=COC(O)(O)C1(O)O. The smallest absolute Gasteiger partial charge is 0.382 e. The standard InChI is InChI=1S/C6H10O6/c1-4(7)2-3-12-6(10,11)5(4,8)9/h2-3,7-11H,1H3. The molecule has 12 heavy (non-hydrogen) atoms. The van der Waals surface area contributed by atoms with Gasteiger partial charge in [-0.3, -0.25) is 0 Å². The van der Waals surface area contributed by atoms with Crippen LogP contribution in [0.1, 0.15) is 6.92 Å². The van der Waals surface area contributed by atoms with Gasteiger partial charge >= 0.3 is 5.97 Å². The van der Waals surface area contributed by atoms with Crippen molar-refractivity contribution in [3.05, 3.63) is 12.3 Å². The minimum Gasteiger partial charge on any atom is -0.443 e. The predicted molar refractivity (Wildman–Crippen MR) is 35.2 cm³/mol. The first-order valence-electron chi connectivity index (χ1n) is 3.18. The topological polar surface area (TPSA) is 110 Å². The van der Waals surface area contributed by atoms with E-state index in [1.807, 2.05) is 0 Å². The maximum absolute atomic E-state index is 9.25. The van der Waals surface area contributed by atoms with E-state index >= 15 is 0 Å². The van der Waals surface area contributed by atoms with Crippen LogP contribution in [0.2, 0.25) is 0 Å². The van der Waals surface area contributed by atoms with Crippen LogP contribution in [0.15, 0.2) is 12.3 Å². The largest absolute Gasteiger partial charge is 0.443 e. The van der Waals surface area contributed by atoms with Crippen molar-refractivity contribution in [2.45, 2.75) is 24.3 Å². The average molecular weight is 178 g/mol. The van der Waals surface area contributed by atoms with Gasteiger partial charge in [-0.1, -0.05) is 0 Å². The molecule has 1 rings (SSSR count). The van der Waals surface area contributed by atoms with Gasteiger partial charge in [-0.2, -0.15) is 0 Å². The zero-order chi connectivity index (χ0) is 9.62. The average Bonchev–Trinajstić information content (AvgIpc) is 1.83. The third-order valence-electron chi connectivity index (χ3n) is 1.78. The first kappa shape index (κ1) is 9.43.